The van der Waals surface area contributed by atoms with Gasteiger partial charge < -0.3 is 5.32 Å². The number of aryl methyl sites for hydroxylation is 1. The van der Waals surface area contributed by atoms with Crippen LogP contribution in [-0.4, -0.2) is 14.4 Å². The summed E-state index contributed by atoms with van der Waals surface area (Å²) in [4.78, 5) is 9.04. The Morgan fingerprint density at radius 1 is 1.04 bits per heavy atom. The van der Waals surface area contributed by atoms with Crippen LogP contribution in [0.5, 0.6) is 0 Å². The number of benzene rings is 2. The van der Waals surface area contributed by atoms with Crippen LogP contribution in [0, 0.1) is 6.92 Å². The quantitative estimate of drug-likeness (QED) is 0.566. The van der Waals surface area contributed by atoms with Crippen molar-refractivity contribution in [2.45, 2.75) is 13.5 Å². The van der Waals surface area contributed by atoms with Gasteiger partial charge in [0.1, 0.15) is 11.5 Å². The summed E-state index contributed by atoms with van der Waals surface area (Å²) >= 11 is 6.02. The number of halogens is 1. The molecule has 25 heavy (non-hydrogen) atoms. The minimum Gasteiger partial charge on any atom is -0.365 e. The van der Waals surface area contributed by atoms with Gasteiger partial charge in [-0.05, 0) is 30.7 Å². The first-order valence-corrected chi connectivity index (χ1v) is 8.47. The number of nitrogens with zero attached hydrogens (tertiary/aromatic N) is 3. The molecule has 0 bridgehead atoms. The van der Waals surface area contributed by atoms with E-state index in [4.69, 9.17) is 11.6 Å². The number of hydrogen-bond donors (Lipinski definition) is 1. The molecule has 5 heteroatoms. The van der Waals surface area contributed by atoms with E-state index in [0.717, 1.165) is 17.1 Å². The standard InChI is InChI=1S/C20H17ClN4/c1-14-3-5-15(6-4-14)13-23-19-18(16-7-9-17(21)10-8-16)24-20-22-11-2-12-25(19)20/h2-12,23H,13H2,1H3. The molecule has 0 fully saturated rings. The van der Waals surface area contributed by atoms with E-state index in [2.05, 4.69) is 46.5 Å². The van der Waals surface area contributed by atoms with Gasteiger partial charge in [0.2, 0.25) is 5.78 Å². The highest BCUT2D eigenvalue weighted by molar-refractivity contribution is 6.30. The molecule has 0 aliphatic heterocycles. The number of imidazole rings is 1. The van der Waals surface area contributed by atoms with E-state index >= 15 is 0 Å². The van der Waals surface area contributed by atoms with E-state index in [9.17, 15) is 0 Å². The topological polar surface area (TPSA) is 42.2 Å². The molecule has 0 saturated carbocycles. The second-order valence-corrected chi connectivity index (χ2v) is 6.38. The molecule has 2 aromatic heterocycles. The molecule has 4 aromatic rings. The number of hydrogen-bond acceptors (Lipinski definition) is 3. The second kappa shape index (κ2) is 6.57. The fourth-order valence-corrected chi connectivity index (χ4v) is 2.88. The third-order valence-corrected chi connectivity index (χ3v) is 4.35. The van der Waals surface area contributed by atoms with Crippen molar-refractivity contribution in [1.82, 2.24) is 14.4 Å². The molecular formula is C20H17ClN4. The van der Waals surface area contributed by atoms with Crippen LogP contribution in [-0.2, 0) is 6.54 Å². The fraction of sp³-hybridized carbons (Fsp3) is 0.100. The molecular weight excluding hydrogens is 332 g/mol. The van der Waals surface area contributed by atoms with Crippen LogP contribution >= 0.6 is 11.6 Å². The van der Waals surface area contributed by atoms with Gasteiger partial charge in [-0.2, -0.15) is 0 Å². The lowest BCUT2D eigenvalue weighted by Gasteiger charge is -2.09. The maximum Gasteiger partial charge on any atom is 0.235 e. The first-order chi connectivity index (χ1) is 12.2. The molecule has 0 spiro atoms. The fourth-order valence-electron chi connectivity index (χ4n) is 2.76. The van der Waals surface area contributed by atoms with Gasteiger partial charge in [-0.3, -0.25) is 4.40 Å². The molecule has 2 heterocycles. The van der Waals surface area contributed by atoms with Crippen molar-refractivity contribution in [3.8, 4) is 11.3 Å². The minimum absolute atomic E-state index is 0.666. The molecule has 0 aliphatic rings. The summed E-state index contributed by atoms with van der Waals surface area (Å²) in [6.45, 7) is 2.80. The highest BCUT2D eigenvalue weighted by atomic mass is 35.5. The monoisotopic (exact) mass is 348 g/mol. The van der Waals surface area contributed by atoms with Gasteiger partial charge in [0, 0.05) is 29.5 Å². The van der Waals surface area contributed by atoms with Crippen molar-refractivity contribution in [1.29, 1.82) is 0 Å². The molecule has 4 nitrogen and oxygen atoms in total. The third kappa shape index (κ3) is 3.21. The Balaban J connectivity index is 1.73. The average molecular weight is 349 g/mol. The summed E-state index contributed by atoms with van der Waals surface area (Å²) in [5.41, 5.74) is 4.33. The lowest BCUT2D eigenvalue weighted by atomic mass is 10.1. The first-order valence-electron chi connectivity index (χ1n) is 8.09. The van der Waals surface area contributed by atoms with Crippen LogP contribution in [0.15, 0.2) is 67.0 Å². The zero-order valence-electron chi connectivity index (χ0n) is 13.8. The number of aromatic nitrogens is 3. The number of nitrogens with one attached hydrogen (secondary N) is 1. The second-order valence-electron chi connectivity index (χ2n) is 5.94. The van der Waals surface area contributed by atoms with Crippen molar-refractivity contribution in [3.05, 3.63) is 83.1 Å². The minimum atomic E-state index is 0.666. The number of fused-ring (bicyclic) bond motifs is 1. The molecule has 0 unspecified atom stereocenters. The maximum atomic E-state index is 6.02. The SMILES string of the molecule is Cc1ccc(CNc2c(-c3ccc(Cl)cc3)nc3ncccn23)cc1. The summed E-state index contributed by atoms with van der Waals surface area (Å²) in [7, 11) is 0. The predicted octanol–water partition coefficient (Wildman–Crippen LogP) is 4.97. The molecule has 0 saturated heterocycles. The Morgan fingerprint density at radius 3 is 2.56 bits per heavy atom. The maximum absolute atomic E-state index is 6.02. The lowest BCUT2D eigenvalue weighted by molar-refractivity contribution is 1.06. The normalized spacial score (nSPS) is 11.0. The van der Waals surface area contributed by atoms with E-state index in [1.807, 2.05) is 40.9 Å². The van der Waals surface area contributed by atoms with E-state index in [0.29, 0.717) is 17.3 Å². The van der Waals surface area contributed by atoms with E-state index < -0.39 is 0 Å². The average Bonchev–Trinajstić information content (AvgIpc) is 3.00. The number of rotatable bonds is 4. The van der Waals surface area contributed by atoms with E-state index in [1.165, 1.54) is 11.1 Å². The molecule has 4 rings (SSSR count). The Labute approximate surface area is 151 Å². The molecule has 124 valence electrons. The van der Waals surface area contributed by atoms with Crippen LogP contribution in [0.2, 0.25) is 5.02 Å². The van der Waals surface area contributed by atoms with Crippen LogP contribution in [0.4, 0.5) is 5.82 Å². The molecule has 0 radical (unpaired) electrons. The molecule has 0 atom stereocenters. The summed E-state index contributed by atoms with van der Waals surface area (Å²) in [5, 5.41) is 4.22. The van der Waals surface area contributed by atoms with Gasteiger partial charge in [0.05, 0.1) is 0 Å². The Kier molecular flexibility index (Phi) is 4.12. The molecule has 0 amide bonds. The van der Waals surface area contributed by atoms with Crippen LogP contribution in [0.25, 0.3) is 17.0 Å². The van der Waals surface area contributed by atoms with Gasteiger partial charge in [0.15, 0.2) is 0 Å². The van der Waals surface area contributed by atoms with Gasteiger partial charge in [-0.15, -0.1) is 0 Å². The highest BCUT2D eigenvalue weighted by Gasteiger charge is 2.14. The summed E-state index contributed by atoms with van der Waals surface area (Å²) in [6.07, 6.45) is 3.71. The molecule has 2 aromatic carbocycles. The van der Waals surface area contributed by atoms with Crippen molar-refractivity contribution in [2.24, 2.45) is 0 Å². The Morgan fingerprint density at radius 2 is 1.80 bits per heavy atom. The summed E-state index contributed by atoms with van der Waals surface area (Å²) in [6, 6.07) is 18.1. The largest absolute Gasteiger partial charge is 0.365 e. The lowest BCUT2D eigenvalue weighted by Crippen LogP contribution is -2.03. The smallest absolute Gasteiger partial charge is 0.235 e. The first kappa shape index (κ1) is 15.7. The Hall–Kier alpha value is -2.85. The summed E-state index contributed by atoms with van der Waals surface area (Å²) in [5.74, 6) is 1.59. The van der Waals surface area contributed by atoms with E-state index in [-0.39, 0.29) is 0 Å². The van der Waals surface area contributed by atoms with Gasteiger partial charge >= 0.3 is 0 Å². The van der Waals surface area contributed by atoms with Gasteiger partial charge in [-0.1, -0.05) is 53.6 Å². The highest BCUT2D eigenvalue weighted by Crippen LogP contribution is 2.29. The summed E-state index contributed by atoms with van der Waals surface area (Å²) < 4.78 is 1.97. The third-order valence-electron chi connectivity index (χ3n) is 4.10. The Bertz CT molecular complexity index is 1000. The number of anilines is 1. The van der Waals surface area contributed by atoms with Crippen molar-refractivity contribution in [3.63, 3.8) is 0 Å². The van der Waals surface area contributed by atoms with Crippen LogP contribution in [0.3, 0.4) is 0 Å². The zero-order valence-corrected chi connectivity index (χ0v) is 14.5. The zero-order chi connectivity index (χ0) is 17.2. The van der Waals surface area contributed by atoms with E-state index in [1.54, 1.807) is 6.20 Å². The van der Waals surface area contributed by atoms with Gasteiger partial charge in [-0.25, -0.2) is 9.97 Å². The van der Waals surface area contributed by atoms with Crippen LogP contribution in [0.1, 0.15) is 11.1 Å². The van der Waals surface area contributed by atoms with Gasteiger partial charge in [0.25, 0.3) is 0 Å². The van der Waals surface area contributed by atoms with Crippen molar-refractivity contribution >= 4 is 23.2 Å². The van der Waals surface area contributed by atoms with Crippen molar-refractivity contribution < 1.29 is 0 Å². The molecule has 0 aliphatic carbocycles. The predicted molar refractivity (Wildman–Crippen MR) is 102 cm³/mol. The molecule has 1 N–H and O–H groups in total. The van der Waals surface area contributed by atoms with Crippen molar-refractivity contribution in [2.75, 3.05) is 5.32 Å². The van der Waals surface area contributed by atoms with Crippen LogP contribution < -0.4 is 5.32 Å².